The Morgan fingerprint density at radius 1 is 1.09 bits per heavy atom. The quantitative estimate of drug-likeness (QED) is 0.589. The third-order valence-electron chi connectivity index (χ3n) is 5.99. The van der Waals surface area contributed by atoms with E-state index in [0.717, 1.165) is 22.3 Å². The zero-order valence-electron chi connectivity index (χ0n) is 17.7. The molecule has 1 aliphatic carbocycles. The van der Waals surface area contributed by atoms with Crippen LogP contribution in [0.3, 0.4) is 0 Å². The third-order valence-corrected chi connectivity index (χ3v) is 5.99. The summed E-state index contributed by atoms with van der Waals surface area (Å²) in [7, 11) is 0. The summed E-state index contributed by atoms with van der Waals surface area (Å²) in [5.74, 6) is -3.63. The van der Waals surface area contributed by atoms with Crippen LogP contribution in [0.4, 0.5) is 18.0 Å². The topological polar surface area (TPSA) is 114 Å². The van der Waals surface area contributed by atoms with Crippen LogP contribution in [-0.2, 0) is 19.1 Å². The van der Waals surface area contributed by atoms with Crippen molar-refractivity contribution in [3.63, 3.8) is 0 Å². The van der Waals surface area contributed by atoms with E-state index in [0.29, 0.717) is 0 Å². The second kappa shape index (κ2) is 8.98. The molecule has 2 aliphatic rings. The van der Waals surface area contributed by atoms with Crippen molar-refractivity contribution in [2.75, 3.05) is 19.8 Å². The molecule has 8 nitrogen and oxygen atoms in total. The number of carboxylic acids is 1. The van der Waals surface area contributed by atoms with Gasteiger partial charge in [-0.15, -0.1) is 0 Å². The van der Waals surface area contributed by atoms with Gasteiger partial charge in [-0.25, -0.2) is 9.59 Å². The molecule has 1 saturated heterocycles. The number of rotatable bonds is 6. The number of benzene rings is 2. The molecule has 0 bridgehead atoms. The average molecular weight is 478 g/mol. The van der Waals surface area contributed by atoms with Crippen LogP contribution in [-0.4, -0.2) is 60.7 Å². The fourth-order valence-corrected chi connectivity index (χ4v) is 4.25. The highest BCUT2D eigenvalue weighted by atomic mass is 19.4. The van der Waals surface area contributed by atoms with Crippen LogP contribution in [0.5, 0.6) is 0 Å². The number of aliphatic carboxylic acids is 1. The Kier molecular flexibility index (Phi) is 6.22. The number of alkyl halides is 3. The lowest BCUT2D eigenvalue weighted by Crippen LogP contribution is -2.63. The number of fused-ring (bicyclic) bond motifs is 3. The summed E-state index contributed by atoms with van der Waals surface area (Å²) in [5.41, 5.74) is 1.62. The number of alkyl carbamates (subject to hydrolysis) is 1. The number of hydrogen-bond donors (Lipinski definition) is 3. The van der Waals surface area contributed by atoms with Crippen LogP contribution < -0.4 is 10.6 Å². The second-order valence-corrected chi connectivity index (χ2v) is 8.12. The monoisotopic (exact) mass is 478 g/mol. The Balaban J connectivity index is 1.45. The first-order valence-corrected chi connectivity index (χ1v) is 10.4. The van der Waals surface area contributed by atoms with E-state index in [1.54, 1.807) is 0 Å². The molecule has 2 atom stereocenters. The Morgan fingerprint density at radius 3 is 2.18 bits per heavy atom. The lowest BCUT2D eigenvalue weighted by molar-refractivity contribution is -0.170. The maximum absolute atomic E-state index is 13.6. The van der Waals surface area contributed by atoms with E-state index < -0.39 is 42.3 Å². The molecular formula is C23H21F3N2O6. The normalized spacial score (nSPS) is 20.2. The third kappa shape index (κ3) is 4.43. The van der Waals surface area contributed by atoms with Crippen molar-refractivity contribution in [3.8, 4) is 11.1 Å². The van der Waals surface area contributed by atoms with E-state index in [1.807, 2.05) is 53.8 Å². The van der Waals surface area contributed by atoms with Gasteiger partial charge in [0.25, 0.3) is 5.91 Å². The first-order chi connectivity index (χ1) is 16.1. The van der Waals surface area contributed by atoms with Crippen molar-refractivity contribution in [3.05, 3.63) is 59.7 Å². The molecule has 1 fully saturated rings. The maximum atomic E-state index is 13.6. The number of nitrogens with one attached hydrogen (secondary N) is 2. The van der Waals surface area contributed by atoms with Gasteiger partial charge in [0.15, 0.2) is 5.54 Å². The molecule has 2 aromatic carbocycles. The van der Waals surface area contributed by atoms with Gasteiger partial charge in [-0.3, -0.25) is 4.79 Å². The molecule has 1 heterocycles. The van der Waals surface area contributed by atoms with Crippen molar-refractivity contribution in [1.29, 1.82) is 0 Å². The van der Waals surface area contributed by atoms with Crippen LogP contribution in [0, 0.1) is 0 Å². The minimum Gasteiger partial charge on any atom is -0.479 e. The van der Waals surface area contributed by atoms with E-state index in [-0.39, 0.29) is 25.6 Å². The molecule has 0 spiro atoms. The minimum atomic E-state index is -5.19. The standard InChI is InChI=1S/C23H21F3N2O6/c24-23(25,26)18(19(29)28-22(20(30)31)9-10-33-12-22)27-21(32)34-11-17-15-7-3-1-5-13(15)14-6-2-4-8-16(14)17/h1-8,17-18H,9-12H2,(H,27,32)(H,28,29)(H,30,31). The van der Waals surface area contributed by atoms with Gasteiger partial charge in [0.05, 0.1) is 6.61 Å². The Hall–Kier alpha value is -3.60. The Labute approximate surface area is 192 Å². The van der Waals surface area contributed by atoms with Crippen molar-refractivity contribution in [2.24, 2.45) is 0 Å². The van der Waals surface area contributed by atoms with Crippen molar-refractivity contribution in [1.82, 2.24) is 10.6 Å². The highest BCUT2D eigenvalue weighted by Gasteiger charge is 2.51. The van der Waals surface area contributed by atoms with Crippen LogP contribution in [0.25, 0.3) is 11.1 Å². The molecule has 1 aliphatic heterocycles. The summed E-state index contributed by atoms with van der Waals surface area (Å²) in [6, 6.07) is 11.9. The largest absolute Gasteiger partial charge is 0.479 e. The molecule has 34 heavy (non-hydrogen) atoms. The van der Waals surface area contributed by atoms with Crippen molar-refractivity contribution < 1.29 is 42.1 Å². The molecule has 11 heteroatoms. The highest BCUT2D eigenvalue weighted by Crippen LogP contribution is 2.44. The summed E-state index contributed by atoms with van der Waals surface area (Å²) in [5, 5.41) is 12.8. The summed E-state index contributed by atoms with van der Waals surface area (Å²) < 4.78 is 50.7. The van der Waals surface area contributed by atoms with Gasteiger partial charge in [0.1, 0.15) is 6.61 Å². The number of halogens is 3. The molecule has 0 radical (unpaired) electrons. The molecule has 0 saturated carbocycles. The number of carbonyl (C=O) groups excluding carboxylic acids is 2. The van der Waals surface area contributed by atoms with Gasteiger partial charge in [0.2, 0.25) is 6.04 Å². The van der Waals surface area contributed by atoms with Gasteiger partial charge in [0, 0.05) is 18.9 Å². The molecule has 2 aromatic rings. The van der Waals surface area contributed by atoms with E-state index in [9.17, 15) is 32.7 Å². The van der Waals surface area contributed by atoms with Gasteiger partial charge in [-0.05, 0) is 22.3 Å². The van der Waals surface area contributed by atoms with Gasteiger partial charge in [-0.2, -0.15) is 13.2 Å². The number of amides is 2. The molecular weight excluding hydrogens is 457 g/mol. The minimum absolute atomic E-state index is 0.0386. The number of hydrogen-bond acceptors (Lipinski definition) is 5. The summed E-state index contributed by atoms with van der Waals surface area (Å²) in [6.07, 6.45) is -6.84. The van der Waals surface area contributed by atoms with E-state index in [2.05, 4.69) is 0 Å². The number of carbonyl (C=O) groups is 3. The first-order valence-electron chi connectivity index (χ1n) is 10.4. The summed E-state index contributed by atoms with van der Waals surface area (Å²) >= 11 is 0. The molecule has 2 unspecified atom stereocenters. The predicted molar refractivity (Wildman–Crippen MR) is 112 cm³/mol. The van der Waals surface area contributed by atoms with Crippen molar-refractivity contribution >= 4 is 18.0 Å². The van der Waals surface area contributed by atoms with Gasteiger partial charge in [-0.1, -0.05) is 48.5 Å². The van der Waals surface area contributed by atoms with Crippen LogP contribution in [0.2, 0.25) is 0 Å². The van der Waals surface area contributed by atoms with Gasteiger partial charge >= 0.3 is 18.2 Å². The lowest BCUT2D eigenvalue weighted by Gasteiger charge is -2.28. The smallest absolute Gasteiger partial charge is 0.417 e. The predicted octanol–water partition coefficient (Wildman–Crippen LogP) is 2.82. The lowest BCUT2D eigenvalue weighted by atomic mass is 9.98. The fraction of sp³-hybridized carbons (Fsp3) is 0.348. The van der Waals surface area contributed by atoms with Crippen LogP contribution >= 0.6 is 0 Å². The molecule has 4 rings (SSSR count). The number of carboxylic acid groups (broad SMARTS) is 1. The van der Waals surface area contributed by atoms with Crippen LogP contribution in [0.15, 0.2) is 48.5 Å². The zero-order valence-corrected chi connectivity index (χ0v) is 17.7. The summed E-state index contributed by atoms with van der Waals surface area (Å²) in [4.78, 5) is 36.2. The molecule has 180 valence electrons. The van der Waals surface area contributed by atoms with E-state index in [1.165, 1.54) is 5.32 Å². The van der Waals surface area contributed by atoms with Crippen LogP contribution in [0.1, 0.15) is 23.5 Å². The van der Waals surface area contributed by atoms with Gasteiger partial charge < -0.3 is 25.2 Å². The summed E-state index contributed by atoms with van der Waals surface area (Å²) in [6.45, 7) is -0.772. The molecule has 0 aromatic heterocycles. The maximum Gasteiger partial charge on any atom is 0.417 e. The molecule has 2 amide bonds. The average Bonchev–Trinajstić information content (AvgIpc) is 3.39. The second-order valence-electron chi connectivity index (χ2n) is 8.12. The van der Waals surface area contributed by atoms with Crippen molar-refractivity contribution in [2.45, 2.75) is 30.1 Å². The SMILES string of the molecule is O=C(NC(C(=O)NC1(C(=O)O)CCOC1)C(F)(F)F)OCC1c2ccccc2-c2ccccc21. The zero-order chi connectivity index (χ0) is 24.5. The highest BCUT2D eigenvalue weighted by molar-refractivity contribution is 5.92. The Bertz CT molecular complexity index is 1070. The fourth-order valence-electron chi connectivity index (χ4n) is 4.25. The Morgan fingerprint density at radius 2 is 1.68 bits per heavy atom. The number of ether oxygens (including phenoxy) is 2. The van der Waals surface area contributed by atoms with E-state index >= 15 is 0 Å². The molecule has 3 N–H and O–H groups in total. The first kappa shape index (κ1) is 23.6. The van der Waals surface area contributed by atoms with E-state index in [4.69, 9.17) is 9.47 Å².